The van der Waals surface area contributed by atoms with Crippen molar-refractivity contribution < 1.29 is 19.4 Å². The molecule has 7 heteroatoms. The zero-order valence-electron chi connectivity index (χ0n) is 12.6. The summed E-state index contributed by atoms with van der Waals surface area (Å²) in [7, 11) is 1.48. The van der Waals surface area contributed by atoms with Gasteiger partial charge in [-0.15, -0.1) is 11.8 Å². The lowest BCUT2D eigenvalue weighted by atomic mass is 9.99. The number of carbonyl (C=O) groups excluding carboxylic acids is 1. The average molecular weight is 390 g/mol. The highest BCUT2D eigenvalue weighted by atomic mass is 79.9. The molecular formula is C15H20BrNO4S. The van der Waals surface area contributed by atoms with Crippen molar-refractivity contribution in [3.05, 3.63) is 28.7 Å². The second-order valence-electron chi connectivity index (χ2n) is 5.16. The number of methoxy groups -OCH3 is 1. The first-order chi connectivity index (χ1) is 10.3. The lowest BCUT2D eigenvalue weighted by Crippen LogP contribution is -2.50. The van der Waals surface area contributed by atoms with E-state index in [4.69, 9.17) is 9.84 Å². The molecule has 0 fully saturated rings. The molecule has 0 spiro atoms. The Morgan fingerprint density at radius 3 is 2.55 bits per heavy atom. The highest BCUT2D eigenvalue weighted by Crippen LogP contribution is 2.21. The number of thioether (sulfide) groups is 1. The van der Waals surface area contributed by atoms with Gasteiger partial charge in [0.25, 0.3) is 0 Å². The number of rotatable bonds is 9. The monoisotopic (exact) mass is 389 g/mol. The fourth-order valence-electron chi connectivity index (χ4n) is 1.98. The SMILES string of the molecule is COCC(C)(CC(=O)O)NC(=O)CCSc1ccc(Br)cc1. The van der Waals surface area contributed by atoms with Crippen LogP contribution >= 0.6 is 27.7 Å². The summed E-state index contributed by atoms with van der Waals surface area (Å²) in [5.41, 5.74) is -0.889. The topological polar surface area (TPSA) is 75.6 Å². The predicted octanol–water partition coefficient (Wildman–Crippen LogP) is 2.93. The molecule has 1 aromatic rings. The summed E-state index contributed by atoms with van der Waals surface area (Å²) in [5, 5.41) is 11.7. The Balaban J connectivity index is 2.43. The first-order valence-corrected chi connectivity index (χ1v) is 8.52. The van der Waals surface area contributed by atoms with Gasteiger partial charge < -0.3 is 15.2 Å². The summed E-state index contributed by atoms with van der Waals surface area (Å²) in [6.07, 6.45) is 0.145. The van der Waals surface area contributed by atoms with E-state index in [-0.39, 0.29) is 18.9 Å². The molecule has 1 atom stereocenters. The third-order valence-corrected chi connectivity index (χ3v) is 4.40. The molecule has 0 bridgehead atoms. The molecule has 1 amide bonds. The van der Waals surface area contributed by atoms with Gasteiger partial charge in [-0.25, -0.2) is 0 Å². The molecule has 0 saturated heterocycles. The summed E-state index contributed by atoms with van der Waals surface area (Å²) in [6, 6.07) is 7.86. The number of ether oxygens (including phenoxy) is 1. The van der Waals surface area contributed by atoms with Crippen LogP contribution in [0.2, 0.25) is 0 Å². The Labute approximate surface area is 142 Å². The Bertz CT molecular complexity index is 509. The summed E-state index contributed by atoms with van der Waals surface area (Å²) in [4.78, 5) is 23.9. The lowest BCUT2D eigenvalue weighted by molar-refractivity contribution is -0.139. The third-order valence-electron chi connectivity index (χ3n) is 2.86. The van der Waals surface area contributed by atoms with E-state index in [1.165, 1.54) is 7.11 Å². The van der Waals surface area contributed by atoms with Gasteiger partial charge in [-0.05, 0) is 31.2 Å². The van der Waals surface area contributed by atoms with Crippen LogP contribution in [0.3, 0.4) is 0 Å². The second-order valence-corrected chi connectivity index (χ2v) is 7.25. The van der Waals surface area contributed by atoms with Crippen LogP contribution in [-0.4, -0.2) is 42.0 Å². The second kappa shape index (κ2) is 9.17. The van der Waals surface area contributed by atoms with E-state index in [9.17, 15) is 9.59 Å². The van der Waals surface area contributed by atoms with Gasteiger partial charge in [0.1, 0.15) is 0 Å². The maximum atomic E-state index is 12.0. The molecule has 0 radical (unpaired) electrons. The molecule has 1 aromatic carbocycles. The Morgan fingerprint density at radius 1 is 1.36 bits per heavy atom. The highest BCUT2D eigenvalue weighted by Gasteiger charge is 2.29. The number of aliphatic carboxylic acids is 1. The first kappa shape index (κ1) is 19.0. The Hall–Kier alpha value is -1.05. The standard InChI is InChI=1S/C15H20BrNO4S/c1-15(10-21-2,9-14(19)20)17-13(18)7-8-22-12-5-3-11(16)4-6-12/h3-6H,7-10H2,1-2H3,(H,17,18)(H,19,20). The smallest absolute Gasteiger partial charge is 0.305 e. The average Bonchev–Trinajstić information content (AvgIpc) is 2.39. The van der Waals surface area contributed by atoms with Crippen molar-refractivity contribution >= 4 is 39.6 Å². The number of benzene rings is 1. The molecule has 0 heterocycles. The molecule has 0 aromatic heterocycles. The van der Waals surface area contributed by atoms with Crippen molar-refractivity contribution in [3.63, 3.8) is 0 Å². The quantitative estimate of drug-likeness (QED) is 0.635. The zero-order valence-corrected chi connectivity index (χ0v) is 15.0. The predicted molar refractivity (Wildman–Crippen MR) is 90.2 cm³/mol. The molecule has 0 aliphatic rings. The maximum Gasteiger partial charge on any atom is 0.305 e. The van der Waals surface area contributed by atoms with Crippen LogP contribution in [0.4, 0.5) is 0 Å². The van der Waals surface area contributed by atoms with E-state index in [0.717, 1.165) is 9.37 Å². The minimum absolute atomic E-state index is 0.158. The largest absolute Gasteiger partial charge is 0.481 e. The number of hydrogen-bond acceptors (Lipinski definition) is 4. The molecule has 0 aliphatic carbocycles. The van der Waals surface area contributed by atoms with Crippen LogP contribution in [0, 0.1) is 0 Å². The van der Waals surface area contributed by atoms with Crippen LogP contribution in [0.25, 0.3) is 0 Å². The molecule has 122 valence electrons. The molecule has 22 heavy (non-hydrogen) atoms. The van der Waals surface area contributed by atoms with E-state index in [1.54, 1.807) is 18.7 Å². The van der Waals surface area contributed by atoms with Crippen LogP contribution in [0.15, 0.2) is 33.6 Å². The van der Waals surface area contributed by atoms with Gasteiger partial charge in [0.2, 0.25) is 5.91 Å². The number of hydrogen-bond donors (Lipinski definition) is 2. The molecule has 0 saturated carbocycles. The van der Waals surface area contributed by atoms with Crippen LogP contribution in [-0.2, 0) is 14.3 Å². The van der Waals surface area contributed by atoms with E-state index < -0.39 is 11.5 Å². The van der Waals surface area contributed by atoms with Crippen molar-refractivity contribution in [2.24, 2.45) is 0 Å². The summed E-state index contributed by atoms with van der Waals surface area (Å²) in [6.45, 7) is 1.83. The number of halogens is 1. The minimum Gasteiger partial charge on any atom is -0.481 e. The highest BCUT2D eigenvalue weighted by molar-refractivity contribution is 9.10. The first-order valence-electron chi connectivity index (χ1n) is 6.75. The van der Waals surface area contributed by atoms with Crippen molar-refractivity contribution in [1.82, 2.24) is 5.32 Å². The fourth-order valence-corrected chi connectivity index (χ4v) is 3.09. The number of carbonyl (C=O) groups is 2. The van der Waals surface area contributed by atoms with Crippen LogP contribution in [0.1, 0.15) is 19.8 Å². The van der Waals surface area contributed by atoms with Crippen molar-refractivity contribution in [2.45, 2.75) is 30.2 Å². The molecular weight excluding hydrogens is 370 g/mol. The number of nitrogens with one attached hydrogen (secondary N) is 1. The Kier molecular flexibility index (Phi) is 7.92. The van der Waals surface area contributed by atoms with E-state index >= 15 is 0 Å². The van der Waals surface area contributed by atoms with Crippen LogP contribution < -0.4 is 5.32 Å². The van der Waals surface area contributed by atoms with Crippen molar-refractivity contribution in [2.75, 3.05) is 19.5 Å². The molecule has 5 nitrogen and oxygen atoms in total. The summed E-state index contributed by atoms with van der Waals surface area (Å²) >= 11 is 4.95. The van der Waals surface area contributed by atoms with Gasteiger partial charge in [-0.1, -0.05) is 15.9 Å². The van der Waals surface area contributed by atoms with E-state index in [0.29, 0.717) is 12.2 Å². The molecule has 0 aliphatic heterocycles. The van der Waals surface area contributed by atoms with Gasteiger partial charge in [0.15, 0.2) is 0 Å². The van der Waals surface area contributed by atoms with Crippen molar-refractivity contribution in [3.8, 4) is 0 Å². The summed E-state index contributed by atoms with van der Waals surface area (Å²) < 4.78 is 6.02. The van der Waals surface area contributed by atoms with E-state index in [2.05, 4.69) is 21.2 Å². The third kappa shape index (κ3) is 7.29. The molecule has 1 rings (SSSR count). The van der Waals surface area contributed by atoms with Gasteiger partial charge in [0, 0.05) is 28.7 Å². The maximum absolute atomic E-state index is 12.0. The zero-order chi connectivity index (χ0) is 16.6. The van der Waals surface area contributed by atoms with Gasteiger partial charge >= 0.3 is 5.97 Å². The van der Waals surface area contributed by atoms with E-state index in [1.807, 2.05) is 24.3 Å². The Morgan fingerprint density at radius 2 is 2.00 bits per heavy atom. The van der Waals surface area contributed by atoms with Gasteiger partial charge in [-0.2, -0.15) is 0 Å². The van der Waals surface area contributed by atoms with Crippen LogP contribution in [0.5, 0.6) is 0 Å². The fraction of sp³-hybridized carbons (Fsp3) is 0.467. The number of amides is 1. The number of carboxylic acid groups (broad SMARTS) is 1. The van der Waals surface area contributed by atoms with Crippen molar-refractivity contribution in [1.29, 1.82) is 0 Å². The lowest BCUT2D eigenvalue weighted by Gasteiger charge is -2.28. The summed E-state index contributed by atoms with van der Waals surface area (Å²) in [5.74, 6) is -0.515. The minimum atomic E-state index is -0.968. The molecule has 1 unspecified atom stereocenters. The number of carboxylic acids is 1. The van der Waals surface area contributed by atoms with Gasteiger partial charge in [0.05, 0.1) is 18.6 Å². The molecule has 2 N–H and O–H groups in total. The van der Waals surface area contributed by atoms with Gasteiger partial charge in [-0.3, -0.25) is 9.59 Å². The normalized spacial score (nSPS) is 13.4.